The van der Waals surface area contributed by atoms with Crippen LogP contribution in [-0.2, 0) is 0 Å². The molecule has 1 heterocycles. The summed E-state index contributed by atoms with van der Waals surface area (Å²) in [5, 5.41) is 3.80. The SMILES string of the molecule is Cc1[nH]cnc1C(=O)NNC(=S)Nc1ccc(Cl)cc1. The van der Waals surface area contributed by atoms with Gasteiger partial charge in [-0.2, -0.15) is 0 Å². The van der Waals surface area contributed by atoms with Gasteiger partial charge in [0.1, 0.15) is 0 Å². The lowest BCUT2D eigenvalue weighted by Crippen LogP contribution is -2.44. The second kappa shape index (κ2) is 6.36. The van der Waals surface area contributed by atoms with Crippen LogP contribution in [0.25, 0.3) is 0 Å². The van der Waals surface area contributed by atoms with Gasteiger partial charge in [0.05, 0.1) is 6.33 Å². The van der Waals surface area contributed by atoms with Crippen molar-refractivity contribution in [3.8, 4) is 0 Å². The Kier molecular flexibility index (Phi) is 4.54. The maximum Gasteiger partial charge on any atom is 0.290 e. The van der Waals surface area contributed by atoms with Crippen LogP contribution in [-0.4, -0.2) is 21.0 Å². The minimum atomic E-state index is -0.371. The molecular formula is C12H12ClN5OS. The van der Waals surface area contributed by atoms with Crippen molar-refractivity contribution in [2.75, 3.05) is 5.32 Å². The van der Waals surface area contributed by atoms with Crippen LogP contribution in [0, 0.1) is 6.92 Å². The molecule has 0 fully saturated rings. The fourth-order valence-corrected chi connectivity index (χ4v) is 1.75. The molecule has 0 aliphatic heterocycles. The average Bonchev–Trinajstić information content (AvgIpc) is 2.85. The summed E-state index contributed by atoms with van der Waals surface area (Å²) in [5.74, 6) is -0.371. The Balaban J connectivity index is 1.85. The Morgan fingerprint density at radius 3 is 2.60 bits per heavy atom. The molecule has 104 valence electrons. The number of imidazole rings is 1. The van der Waals surface area contributed by atoms with Crippen LogP contribution in [0.4, 0.5) is 5.69 Å². The molecule has 0 radical (unpaired) electrons. The fourth-order valence-electron chi connectivity index (χ4n) is 1.46. The first-order chi connectivity index (χ1) is 9.56. The van der Waals surface area contributed by atoms with Gasteiger partial charge in [-0.05, 0) is 43.4 Å². The van der Waals surface area contributed by atoms with Crippen LogP contribution in [0.2, 0.25) is 5.02 Å². The summed E-state index contributed by atoms with van der Waals surface area (Å²) in [7, 11) is 0. The Hall–Kier alpha value is -2.12. The van der Waals surface area contributed by atoms with E-state index >= 15 is 0 Å². The number of hydrogen-bond donors (Lipinski definition) is 4. The van der Waals surface area contributed by atoms with E-state index < -0.39 is 0 Å². The van der Waals surface area contributed by atoms with Crippen molar-refractivity contribution < 1.29 is 4.79 Å². The van der Waals surface area contributed by atoms with Gasteiger partial charge in [-0.1, -0.05) is 11.6 Å². The standard InChI is InChI=1S/C12H12ClN5OS/c1-7-10(15-6-14-7)11(19)17-18-12(20)16-9-4-2-8(13)3-5-9/h2-6H,1H3,(H,14,15)(H,17,19)(H2,16,18,20). The molecule has 6 nitrogen and oxygen atoms in total. The minimum Gasteiger partial charge on any atom is -0.348 e. The number of carbonyl (C=O) groups is 1. The van der Waals surface area contributed by atoms with E-state index in [1.807, 2.05) is 0 Å². The Bertz CT molecular complexity index is 625. The van der Waals surface area contributed by atoms with E-state index in [1.165, 1.54) is 6.33 Å². The van der Waals surface area contributed by atoms with Crippen LogP contribution >= 0.6 is 23.8 Å². The molecule has 0 saturated heterocycles. The number of hydrazine groups is 1. The number of rotatable bonds is 2. The Morgan fingerprint density at radius 2 is 2.00 bits per heavy atom. The van der Waals surface area contributed by atoms with Crippen molar-refractivity contribution in [1.29, 1.82) is 0 Å². The maximum atomic E-state index is 11.8. The zero-order valence-electron chi connectivity index (χ0n) is 10.5. The van der Waals surface area contributed by atoms with Crippen LogP contribution in [0.15, 0.2) is 30.6 Å². The molecule has 0 spiro atoms. The predicted molar refractivity (Wildman–Crippen MR) is 81.6 cm³/mol. The second-order valence-corrected chi connectivity index (χ2v) is 4.76. The molecule has 1 aromatic carbocycles. The number of H-pyrrole nitrogens is 1. The second-order valence-electron chi connectivity index (χ2n) is 3.92. The molecule has 2 rings (SSSR count). The molecule has 8 heteroatoms. The monoisotopic (exact) mass is 309 g/mol. The zero-order chi connectivity index (χ0) is 14.5. The topological polar surface area (TPSA) is 81.8 Å². The zero-order valence-corrected chi connectivity index (χ0v) is 12.1. The quantitative estimate of drug-likeness (QED) is 0.504. The first-order valence-electron chi connectivity index (χ1n) is 5.69. The number of nitrogens with zero attached hydrogens (tertiary/aromatic N) is 1. The smallest absolute Gasteiger partial charge is 0.290 e. The van der Waals surface area contributed by atoms with Crippen LogP contribution in [0.3, 0.4) is 0 Å². The minimum absolute atomic E-state index is 0.258. The molecule has 0 bridgehead atoms. The number of halogens is 1. The first kappa shape index (κ1) is 14.3. The normalized spacial score (nSPS) is 9.90. The van der Waals surface area contributed by atoms with Crippen molar-refractivity contribution in [2.24, 2.45) is 0 Å². The highest BCUT2D eigenvalue weighted by atomic mass is 35.5. The molecule has 2 aromatic rings. The van der Waals surface area contributed by atoms with Gasteiger partial charge in [-0.3, -0.25) is 15.6 Å². The number of anilines is 1. The van der Waals surface area contributed by atoms with E-state index in [2.05, 4.69) is 26.1 Å². The van der Waals surface area contributed by atoms with E-state index in [4.69, 9.17) is 23.8 Å². The molecular weight excluding hydrogens is 298 g/mol. The largest absolute Gasteiger partial charge is 0.348 e. The summed E-state index contributed by atoms with van der Waals surface area (Å²) in [6, 6.07) is 7.02. The summed E-state index contributed by atoms with van der Waals surface area (Å²) in [4.78, 5) is 18.5. The highest BCUT2D eigenvalue weighted by Gasteiger charge is 2.11. The highest BCUT2D eigenvalue weighted by Crippen LogP contribution is 2.12. The van der Waals surface area contributed by atoms with Gasteiger partial charge in [-0.25, -0.2) is 4.98 Å². The number of aromatic amines is 1. The molecule has 1 aromatic heterocycles. The van der Waals surface area contributed by atoms with E-state index in [0.29, 0.717) is 16.4 Å². The van der Waals surface area contributed by atoms with Crippen LogP contribution in [0.5, 0.6) is 0 Å². The van der Waals surface area contributed by atoms with Gasteiger partial charge in [-0.15, -0.1) is 0 Å². The van der Waals surface area contributed by atoms with Crippen molar-refractivity contribution in [3.63, 3.8) is 0 Å². The Morgan fingerprint density at radius 1 is 1.30 bits per heavy atom. The van der Waals surface area contributed by atoms with Gasteiger partial charge in [0.15, 0.2) is 10.8 Å². The summed E-state index contributed by atoms with van der Waals surface area (Å²) < 4.78 is 0. The van der Waals surface area contributed by atoms with E-state index in [0.717, 1.165) is 5.69 Å². The van der Waals surface area contributed by atoms with Crippen LogP contribution < -0.4 is 16.2 Å². The number of carbonyl (C=O) groups excluding carboxylic acids is 1. The Labute approximate surface area is 125 Å². The lowest BCUT2D eigenvalue weighted by Gasteiger charge is -2.11. The molecule has 0 atom stereocenters. The van der Waals surface area contributed by atoms with E-state index in [9.17, 15) is 4.79 Å². The lowest BCUT2D eigenvalue weighted by atomic mass is 10.3. The molecule has 0 saturated carbocycles. The highest BCUT2D eigenvalue weighted by molar-refractivity contribution is 7.80. The van der Waals surface area contributed by atoms with Crippen molar-refractivity contribution in [3.05, 3.63) is 47.0 Å². The number of hydrogen-bond acceptors (Lipinski definition) is 3. The number of amides is 1. The molecule has 1 amide bonds. The van der Waals surface area contributed by atoms with E-state index in [1.54, 1.807) is 31.2 Å². The van der Waals surface area contributed by atoms with Gasteiger partial charge in [0, 0.05) is 16.4 Å². The molecule has 0 unspecified atom stereocenters. The number of nitrogens with one attached hydrogen (secondary N) is 4. The van der Waals surface area contributed by atoms with Gasteiger partial charge >= 0.3 is 0 Å². The third kappa shape index (κ3) is 3.69. The first-order valence-corrected chi connectivity index (χ1v) is 6.48. The third-order valence-corrected chi connectivity index (χ3v) is 2.89. The maximum absolute atomic E-state index is 11.8. The lowest BCUT2D eigenvalue weighted by molar-refractivity contribution is 0.0939. The van der Waals surface area contributed by atoms with Gasteiger partial charge in [0.25, 0.3) is 5.91 Å². The number of thiocarbonyl (C=S) groups is 1. The molecule has 0 aliphatic rings. The summed E-state index contributed by atoms with van der Waals surface area (Å²) >= 11 is 10.8. The number of benzene rings is 1. The molecule has 20 heavy (non-hydrogen) atoms. The number of aromatic nitrogens is 2. The average molecular weight is 310 g/mol. The van der Waals surface area contributed by atoms with Crippen molar-refractivity contribution in [1.82, 2.24) is 20.8 Å². The summed E-state index contributed by atoms with van der Waals surface area (Å²) in [5.41, 5.74) is 6.81. The van der Waals surface area contributed by atoms with Crippen molar-refractivity contribution in [2.45, 2.75) is 6.92 Å². The van der Waals surface area contributed by atoms with Gasteiger partial charge < -0.3 is 10.3 Å². The van der Waals surface area contributed by atoms with Crippen LogP contribution in [0.1, 0.15) is 16.2 Å². The third-order valence-electron chi connectivity index (χ3n) is 2.44. The molecule has 4 N–H and O–H groups in total. The van der Waals surface area contributed by atoms with E-state index in [-0.39, 0.29) is 11.0 Å². The van der Waals surface area contributed by atoms with Crippen molar-refractivity contribution >= 4 is 40.5 Å². The summed E-state index contributed by atoms with van der Waals surface area (Å²) in [6.07, 6.45) is 1.45. The molecule has 0 aliphatic carbocycles. The summed E-state index contributed by atoms with van der Waals surface area (Å²) in [6.45, 7) is 1.76. The number of aryl methyl sites for hydroxylation is 1. The van der Waals surface area contributed by atoms with Gasteiger partial charge in [0.2, 0.25) is 0 Å². The fraction of sp³-hybridized carbons (Fsp3) is 0.0833. The predicted octanol–water partition coefficient (Wildman–Crippen LogP) is 2.00.